The van der Waals surface area contributed by atoms with Crippen LogP contribution in [-0.4, -0.2) is 47.0 Å². The monoisotopic (exact) mass is 254 g/mol. The van der Waals surface area contributed by atoms with Crippen LogP contribution in [-0.2, 0) is 4.74 Å². The SMILES string of the molecule is CC1COC(CCl)CN1C(=O)c1ccccn1. The van der Waals surface area contributed by atoms with E-state index >= 15 is 0 Å². The van der Waals surface area contributed by atoms with Gasteiger partial charge >= 0.3 is 0 Å². The lowest BCUT2D eigenvalue weighted by atomic mass is 10.2. The Labute approximate surface area is 106 Å². The van der Waals surface area contributed by atoms with Crippen molar-refractivity contribution in [2.24, 2.45) is 0 Å². The van der Waals surface area contributed by atoms with Gasteiger partial charge in [0.2, 0.25) is 0 Å². The highest BCUT2D eigenvalue weighted by molar-refractivity contribution is 6.18. The second-order valence-corrected chi connectivity index (χ2v) is 4.44. The fraction of sp³-hybridized carbons (Fsp3) is 0.500. The molecule has 1 aromatic rings. The van der Waals surface area contributed by atoms with Crippen LogP contribution in [0.4, 0.5) is 0 Å². The van der Waals surface area contributed by atoms with Crippen molar-refractivity contribution in [1.82, 2.24) is 9.88 Å². The van der Waals surface area contributed by atoms with Gasteiger partial charge in [-0.15, -0.1) is 11.6 Å². The van der Waals surface area contributed by atoms with Crippen LogP contribution in [0.25, 0.3) is 0 Å². The quantitative estimate of drug-likeness (QED) is 0.752. The van der Waals surface area contributed by atoms with E-state index in [2.05, 4.69) is 4.98 Å². The molecule has 1 aliphatic heterocycles. The molecule has 17 heavy (non-hydrogen) atoms. The number of ether oxygens (including phenoxy) is 1. The summed E-state index contributed by atoms with van der Waals surface area (Å²) in [7, 11) is 0. The van der Waals surface area contributed by atoms with Crippen molar-refractivity contribution < 1.29 is 9.53 Å². The number of halogens is 1. The summed E-state index contributed by atoms with van der Waals surface area (Å²) >= 11 is 5.77. The molecule has 2 unspecified atom stereocenters. The Bertz CT molecular complexity index is 385. The molecule has 0 aromatic carbocycles. The van der Waals surface area contributed by atoms with Gasteiger partial charge in [0, 0.05) is 12.7 Å². The van der Waals surface area contributed by atoms with Crippen LogP contribution in [0.5, 0.6) is 0 Å². The second kappa shape index (κ2) is 5.47. The molecule has 1 aliphatic rings. The fourth-order valence-electron chi connectivity index (χ4n) is 1.83. The van der Waals surface area contributed by atoms with Gasteiger partial charge in [0.1, 0.15) is 5.69 Å². The lowest BCUT2D eigenvalue weighted by Crippen LogP contribution is -2.51. The Morgan fingerprint density at radius 3 is 3.12 bits per heavy atom. The lowest BCUT2D eigenvalue weighted by molar-refractivity contribution is -0.0373. The predicted molar refractivity (Wildman–Crippen MR) is 65.2 cm³/mol. The highest BCUT2D eigenvalue weighted by Gasteiger charge is 2.30. The van der Waals surface area contributed by atoms with Crippen LogP contribution in [0.3, 0.4) is 0 Å². The summed E-state index contributed by atoms with van der Waals surface area (Å²) in [5, 5.41) is 0. The number of pyridine rings is 1. The summed E-state index contributed by atoms with van der Waals surface area (Å²) in [6, 6.07) is 5.38. The van der Waals surface area contributed by atoms with Gasteiger partial charge in [-0.2, -0.15) is 0 Å². The van der Waals surface area contributed by atoms with Gasteiger partial charge in [-0.1, -0.05) is 6.07 Å². The van der Waals surface area contributed by atoms with Crippen molar-refractivity contribution in [1.29, 1.82) is 0 Å². The number of carbonyl (C=O) groups excluding carboxylic acids is 1. The molecule has 0 saturated carbocycles. The summed E-state index contributed by atoms with van der Waals surface area (Å²) in [6.45, 7) is 3.02. The highest BCUT2D eigenvalue weighted by Crippen LogP contribution is 2.15. The molecule has 1 aromatic heterocycles. The van der Waals surface area contributed by atoms with Crippen molar-refractivity contribution in [2.45, 2.75) is 19.1 Å². The van der Waals surface area contributed by atoms with Crippen LogP contribution >= 0.6 is 11.6 Å². The molecule has 0 N–H and O–H groups in total. The summed E-state index contributed by atoms with van der Waals surface area (Å²) < 4.78 is 5.51. The molecule has 2 atom stereocenters. The Morgan fingerprint density at radius 2 is 2.47 bits per heavy atom. The van der Waals surface area contributed by atoms with Crippen molar-refractivity contribution in [3.05, 3.63) is 30.1 Å². The van der Waals surface area contributed by atoms with E-state index in [1.807, 2.05) is 13.0 Å². The second-order valence-electron chi connectivity index (χ2n) is 4.13. The molecule has 92 valence electrons. The Balaban J connectivity index is 2.12. The van der Waals surface area contributed by atoms with Gasteiger partial charge in [0.15, 0.2) is 0 Å². The Kier molecular flexibility index (Phi) is 3.97. The molecular formula is C12H15ClN2O2. The average molecular weight is 255 g/mol. The summed E-state index contributed by atoms with van der Waals surface area (Å²) in [4.78, 5) is 18.1. The van der Waals surface area contributed by atoms with E-state index in [1.54, 1.807) is 23.2 Å². The van der Waals surface area contributed by atoms with E-state index in [1.165, 1.54) is 0 Å². The largest absolute Gasteiger partial charge is 0.373 e. The maximum absolute atomic E-state index is 12.2. The molecule has 2 rings (SSSR count). The number of carbonyl (C=O) groups is 1. The number of aromatic nitrogens is 1. The van der Waals surface area contributed by atoms with Crippen LogP contribution in [0.2, 0.25) is 0 Å². The van der Waals surface area contributed by atoms with E-state index < -0.39 is 0 Å². The summed E-state index contributed by atoms with van der Waals surface area (Å²) in [6.07, 6.45) is 1.54. The van der Waals surface area contributed by atoms with Crippen molar-refractivity contribution in [3.8, 4) is 0 Å². The number of morpholine rings is 1. The fourth-order valence-corrected chi connectivity index (χ4v) is 2.02. The molecule has 0 bridgehead atoms. The van der Waals surface area contributed by atoms with E-state index in [0.29, 0.717) is 24.7 Å². The minimum absolute atomic E-state index is 0.0588. The lowest BCUT2D eigenvalue weighted by Gasteiger charge is -2.37. The maximum Gasteiger partial charge on any atom is 0.272 e. The van der Waals surface area contributed by atoms with E-state index in [4.69, 9.17) is 16.3 Å². The van der Waals surface area contributed by atoms with Gasteiger partial charge < -0.3 is 9.64 Å². The molecule has 4 nitrogen and oxygen atoms in total. The molecule has 0 spiro atoms. The standard InChI is InChI=1S/C12H15ClN2O2/c1-9-8-17-10(6-13)7-15(9)12(16)11-4-2-3-5-14-11/h2-5,9-10H,6-8H2,1H3. The molecule has 0 aliphatic carbocycles. The smallest absolute Gasteiger partial charge is 0.272 e. The first-order chi connectivity index (χ1) is 8.22. The Hall–Kier alpha value is -1.13. The van der Waals surface area contributed by atoms with Crippen molar-refractivity contribution in [2.75, 3.05) is 19.0 Å². The van der Waals surface area contributed by atoms with Crippen LogP contribution in [0.15, 0.2) is 24.4 Å². The predicted octanol–water partition coefficient (Wildman–Crippen LogP) is 1.55. The third kappa shape index (κ3) is 2.76. The zero-order valence-electron chi connectivity index (χ0n) is 9.67. The molecule has 1 amide bonds. The molecule has 2 heterocycles. The van der Waals surface area contributed by atoms with Crippen molar-refractivity contribution in [3.63, 3.8) is 0 Å². The maximum atomic E-state index is 12.2. The number of hydrogen-bond acceptors (Lipinski definition) is 3. The zero-order chi connectivity index (χ0) is 12.3. The minimum atomic E-state index is -0.0828. The van der Waals surface area contributed by atoms with Gasteiger partial charge in [0.25, 0.3) is 5.91 Å². The first kappa shape index (κ1) is 12.3. The van der Waals surface area contributed by atoms with Crippen LogP contribution < -0.4 is 0 Å². The first-order valence-corrected chi connectivity index (χ1v) is 6.15. The number of alkyl halides is 1. The van der Waals surface area contributed by atoms with E-state index in [9.17, 15) is 4.79 Å². The molecule has 0 radical (unpaired) electrons. The van der Waals surface area contributed by atoms with Gasteiger partial charge in [-0.3, -0.25) is 9.78 Å². The molecule has 5 heteroatoms. The number of hydrogen-bond donors (Lipinski definition) is 0. The normalized spacial score (nSPS) is 24.7. The number of rotatable bonds is 2. The molecule has 1 fully saturated rings. The highest BCUT2D eigenvalue weighted by atomic mass is 35.5. The van der Waals surface area contributed by atoms with Gasteiger partial charge in [-0.05, 0) is 19.1 Å². The third-order valence-electron chi connectivity index (χ3n) is 2.82. The minimum Gasteiger partial charge on any atom is -0.373 e. The van der Waals surface area contributed by atoms with Crippen LogP contribution in [0.1, 0.15) is 17.4 Å². The number of amides is 1. The molecule has 1 saturated heterocycles. The van der Waals surface area contributed by atoms with Gasteiger partial charge in [-0.25, -0.2) is 0 Å². The van der Waals surface area contributed by atoms with Gasteiger partial charge in [0.05, 0.1) is 24.6 Å². The Morgan fingerprint density at radius 1 is 1.65 bits per heavy atom. The topological polar surface area (TPSA) is 42.4 Å². The average Bonchev–Trinajstić information content (AvgIpc) is 2.39. The third-order valence-corrected chi connectivity index (χ3v) is 3.17. The first-order valence-electron chi connectivity index (χ1n) is 5.62. The van der Waals surface area contributed by atoms with E-state index in [-0.39, 0.29) is 18.1 Å². The molecular weight excluding hydrogens is 240 g/mol. The summed E-state index contributed by atoms with van der Waals surface area (Å²) in [5.41, 5.74) is 0.467. The van der Waals surface area contributed by atoms with E-state index in [0.717, 1.165) is 0 Å². The zero-order valence-corrected chi connectivity index (χ0v) is 10.4. The van der Waals surface area contributed by atoms with Crippen molar-refractivity contribution >= 4 is 17.5 Å². The summed E-state index contributed by atoms with van der Waals surface area (Å²) in [5.74, 6) is 0.343. The van der Waals surface area contributed by atoms with Crippen LogP contribution in [0, 0.1) is 0 Å². The number of nitrogens with zero attached hydrogens (tertiary/aromatic N) is 2.